The lowest BCUT2D eigenvalue weighted by Gasteiger charge is -2.36. The molecule has 2 heterocycles. The van der Waals surface area contributed by atoms with Gasteiger partial charge in [-0.25, -0.2) is 8.60 Å². The molecule has 2 aliphatic heterocycles. The highest BCUT2D eigenvalue weighted by Gasteiger charge is 2.32. The summed E-state index contributed by atoms with van der Waals surface area (Å²) in [5, 5.41) is 0.544. The van der Waals surface area contributed by atoms with Crippen molar-refractivity contribution in [2.24, 2.45) is 0 Å². The fourth-order valence-electron chi connectivity index (χ4n) is 5.21. The second-order valence-electron chi connectivity index (χ2n) is 9.70. The van der Waals surface area contributed by atoms with E-state index >= 15 is 0 Å². The van der Waals surface area contributed by atoms with Crippen LogP contribution in [0, 0.1) is 5.82 Å². The minimum absolute atomic E-state index is 0.191. The van der Waals surface area contributed by atoms with Crippen LogP contribution in [-0.2, 0) is 17.3 Å². The van der Waals surface area contributed by atoms with E-state index < -0.39 is 10.8 Å². The first kappa shape index (κ1) is 26.2. The molecular weight excluding hydrogens is 549 g/mol. The number of anilines is 2. The summed E-state index contributed by atoms with van der Waals surface area (Å²) in [6.07, 6.45) is 0. The van der Waals surface area contributed by atoms with E-state index in [0.717, 1.165) is 5.56 Å². The molecule has 202 valence electrons. The summed E-state index contributed by atoms with van der Waals surface area (Å²) >= 11 is 6.22. The fourth-order valence-corrected chi connectivity index (χ4v) is 6.77. The third-order valence-corrected chi connectivity index (χ3v) is 8.98. The topological polar surface area (TPSA) is 60.9 Å². The predicted octanol–water partition coefficient (Wildman–Crippen LogP) is 5.77. The van der Waals surface area contributed by atoms with Crippen LogP contribution < -0.4 is 9.80 Å². The molecule has 4 aromatic carbocycles. The number of carbonyl (C=O) groups is 2. The Labute approximate surface area is 239 Å². The third-order valence-electron chi connectivity index (χ3n) is 7.25. The van der Waals surface area contributed by atoms with E-state index in [1.807, 2.05) is 17.0 Å². The summed E-state index contributed by atoms with van der Waals surface area (Å²) < 4.78 is 28.0. The molecule has 2 aliphatic rings. The van der Waals surface area contributed by atoms with E-state index in [1.54, 1.807) is 82.6 Å². The molecule has 0 radical (unpaired) electrons. The second-order valence-corrected chi connectivity index (χ2v) is 11.6. The van der Waals surface area contributed by atoms with Gasteiger partial charge in [-0.15, -0.1) is 0 Å². The molecule has 0 N–H and O–H groups in total. The second kappa shape index (κ2) is 10.9. The first-order valence-corrected chi connectivity index (χ1v) is 14.4. The van der Waals surface area contributed by atoms with E-state index in [-0.39, 0.29) is 24.2 Å². The molecule has 0 saturated carbocycles. The van der Waals surface area contributed by atoms with Gasteiger partial charge < -0.3 is 14.7 Å². The van der Waals surface area contributed by atoms with Gasteiger partial charge in [-0.05, 0) is 60.2 Å². The Morgan fingerprint density at radius 1 is 0.825 bits per heavy atom. The predicted molar refractivity (Wildman–Crippen MR) is 154 cm³/mol. The molecule has 1 fully saturated rings. The van der Waals surface area contributed by atoms with Gasteiger partial charge in [0.15, 0.2) is 0 Å². The molecule has 0 unspecified atom stereocenters. The van der Waals surface area contributed by atoms with Gasteiger partial charge in [0.25, 0.3) is 11.8 Å². The molecule has 0 bridgehead atoms. The van der Waals surface area contributed by atoms with Crippen LogP contribution in [0.4, 0.5) is 15.8 Å². The molecule has 6 nitrogen and oxygen atoms in total. The maximum Gasteiger partial charge on any atom is 0.259 e. The first-order chi connectivity index (χ1) is 19.4. The summed E-state index contributed by atoms with van der Waals surface area (Å²) in [5.41, 5.74) is 2.51. The van der Waals surface area contributed by atoms with E-state index in [4.69, 9.17) is 11.6 Å². The minimum Gasteiger partial charge on any atom is -0.366 e. The van der Waals surface area contributed by atoms with Crippen molar-refractivity contribution in [3.8, 4) is 0 Å². The van der Waals surface area contributed by atoms with Gasteiger partial charge in [-0.2, -0.15) is 0 Å². The van der Waals surface area contributed by atoms with Crippen molar-refractivity contribution in [3.63, 3.8) is 0 Å². The molecule has 6 rings (SSSR count). The number of nitrogens with zero attached hydrogens (tertiary/aromatic N) is 3. The highest BCUT2D eigenvalue weighted by molar-refractivity contribution is 7.85. The number of hydrogen-bond donors (Lipinski definition) is 0. The van der Waals surface area contributed by atoms with Gasteiger partial charge in [0.05, 0.1) is 44.1 Å². The van der Waals surface area contributed by atoms with Crippen LogP contribution >= 0.6 is 11.6 Å². The normalized spacial score (nSPS) is 16.8. The molecule has 0 spiro atoms. The van der Waals surface area contributed by atoms with Crippen molar-refractivity contribution in [2.45, 2.75) is 16.3 Å². The molecule has 1 saturated heterocycles. The van der Waals surface area contributed by atoms with E-state index in [9.17, 15) is 18.2 Å². The lowest BCUT2D eigenvalue weighted by Crippen LogP contribution is -2.49. The Kier molecular flexibility index (Phi) is 7.12. The summed E-state index contributed by atoms with van der Waals surface area (Å²) in [6, 6.07) is 25.7. The number of fused-ring (bicyclic) bond motifs is 2. The van der Waals surface area contributed by atoms with Crippen LogP contribution in [0.5, 0.6) is 0 Å². The summed E-state index contributed by atoms with van der Waals surface area (Å²) in [4.78, 5) is 33.6. The number of rotatable bonds is 4. The van der Waals surface area contributed by atoms with Crippen LogP contribution in [0.15, 0.2) is 101 Å². The lowest BCUT2D eigenvalue weighted by atomic mass is 10.1. The van der Waals surface area contributed by atoms with Crippen LogP contribution in [-0.4, -0.2) is 47.1 Å². The van der Waals surface area contributed by atoms with Gasteiger partial charge in [0.2, 0.25) is 0 Å². The molecule has 9 heteroatoms. The maximum atomic E-state index is 14.3. The van der Waals surface area contributed by atoms with Gasteiger partial charge in [0, 0.05) is 36.8 Å². The molecule has 0 aromatic heterocycles. The molecule has 1 atom stereocenters. The number of amides is 2. The van der Waals surface area contributed by atoms with E-state index in [1.165, 1.54) is 6.07 Å². The van der Waals surface area contributed by atoms with E-state index in [0.29, 0.717) is 63.5 Å². The Morgan fingerprint density at radius 2 is 1.57 bits per heavy atom. The average molecular weight is 574 g/mol. The molecular formula is C31H25ClFN3O3S. The maximum absolute atomic E-state index is 14.3. The first-order valence-electron chi connectivity index (χ1n) is 12.9. The van der Waals surface area contributed by atoms with Crippen molar-refractivity contribution in [1.82, 2.24) is 4.90 Å². The molecule has 4 aromatic rings. The third kappa shape index (κ3) is 4.89. The quantitative estimate of drug-likeness (QED) is 0.311. The van der Waals surface area contributed by atoms with Crippen LogP contribution in [0.1, 0.15) is 26.3 Å². The van der Waals surface area contributed by atoms with Crippen LogP contribution in [0.2, 0.25) is 5.02 Å². The molecule has 0 aliphatic carbocycles. The Balaban J connectivity index is 1.33. The monoisotopic (exact) mass is 573 g/mol. The largest absolute Gasteiger partial charge is 0.366 e. The van der Waals surface area contributed by atoms with Gasteiger partial charge in [0.1, 0.15) is 5.82 Å². The summed E-state index contributed by atoms with van der Waals surface area (Å²) in [6.45, 7) is 2.03. The zero-order chi connectivity index (χ0) is 27.8. The fraction of sp³-hybridized carbons (Fsp3) is 0.161. The summed E-state index contributed by atoms with van der Waals surface area (Å²) in [7, 11) is -1.62. The van der Waals surface area contributed by atoms with Gasteiger partial charge in [-0.3, -0.25) is 9.59 Å². The van der Waals surface area contributed by atoms with Crippen molar-refractivity contribution < 1.29 is 18.2 Å². The number of halogens is 2. The number of benzene rings is 4. The van der Waals surface area contributed by atoms with Crippen LogP contribution in [0.25, 0.3) is 0 Å². The number of para-hydroxylation sites is 1. The van der Waals surface area contributed by atoms with Crippen molar-refractivity contribution in [3.05, 3.63) is 119 Å². The highest BCUT2D eigenvalue weighted by Crippen LogP contribution is 2.36. The van der Waals surface area contributed by atoms with Crippen molar-refractivity contribution in [2.75, 3.05) is 36.0 Å². The Morgan fingerprint density at radius 3 is 2.35 bits per heavy atom. The SMILES string of the molecule is O=C(c1ccc2c(c1)N(Cc1cccc(Cl)c1)C(=O)c1ccccc1[S@]2=O)N1CCN(c2ccccc2F)CC1. The van der Waals surface area contributed by atoms with Crippen molar-refractivity contribution in [1.29, 1.82) is 0 Å². The average Bonchev–Trinajstić information content (AvgIpc) is 3.06. The van der Waals surface area contributed by atoms with Gasteiger partial charge >= 0.3 is 0 Å². The zero-order valence-corrected chi connectivity index (χ0v) is 23.0. The standard InChI is InChI=1S/C31H25ClFN3O3S/c32-23-7-5-6-21(18-23)20-36-27-19-22(12-13-29(27)40(39)28-11-4-1-8-24(28)31(36)38)30(37)35-16-14-34(15-17-35)26-10-3-2-9-25(26)33/h1-13,18-19H,14-17,20H2/t40-/m1/s1. The Bertz CT molecular complexity index is 1650. The number of carbonyl (C=O) groups excluding carboxylic acids is 2. The van der Waals surface area contributed by atoms with Crippen LogP contribution in [0.3, 0.4) is 0 Å². The number of piperazine rings is 1. The highest BCUT2D eigenvalue weighted by atomic mass is 35.5. The van der Waals surface area contributed by atoms with Gasteiger partial charge in [-0.1, -0.05) is 48.0 Å². The smallest absolute Gasteiger partial charge is 0.259 e. The number of hydrogen-bond acceptors (Lipinski definition) is 4. The molecule has 40 heavy (non-hydrogen) atoms. The minimum atomic E-state index is -1.62. The Hall–Kier alpha value is -4.01. The van der Waals surface area contributed by atoms with Crippen molar-refractivity contribution >= 4 is 45.6 Å². The molecule has 2 amide bonds. The lowest BCUT2D eigenvalue weighted by molar-refractivity contribution is 0.0746. The summed E-state index contributed by atoms with van der Waals surface area (Å²) in [5.74, 6) is -0.782. The van der Waals surface area contributed by atoms with E-state index in [2.05, 4.69) is 0 Å². The zero-order valence-electron chi connectivity index (χ0n) is 21.4.